The smallest absolute Gasteiger partial charge is 0.478 e. The molecule has 4 N–H and O–H groups in total. The summed E-state index contributed by atoms with van der Waals surface area (Å²) in [5, 5.41) is 22.0. The third kappa shape index (κ3) is 10.1. The maximum absolute atomic E-state index is 13.2. The third-order valence-corrected chi connectivity index (χ3v) is 5.55. The van der Waals surface area contributed by atoms with E-state index in [1.807, 2.05) is 9.80 Å². The predicted octanol–water partition coefficient (Wildman–Crippen LogP) is 2.29. The van der Waals surface area contributed by atoms with Gasteiger partial charge in [0.1, 0.15) is 5.82 Å². The summed E-state index contributed by atoms with van der Waals surface area (Å²) in [7, 11) is 1.57. The Morgan fingerprint density at radius 1 is 0.950 bits per heavy atom. The number of halogens is 4. The summed E-state index contributed by atoms with van der Waals surface area (Å²) in [4.78, 5) is 49.1. The van der Waals surface area contributed by atoms with E-state index < -0.39 is 29.8 Å². The van der Waals surface area contributed by atoms with Crippen molar-refractivity contribution in [3.63, 3.8) is 0 Å². The molecule has 1 fully saturated rings. The molecular formula is C25H28F4N4O7. The summed E-state index contributed by atoms with van der Waals surface area (Å²) < 4.78 is 49.8. The van der Waals surface area contributed by atoms with E-state index in [1.54, 1.807) is 13.2 Å². The lowest BCUT2D eigenvalue weighted by molar-refractivity contribution is -0.192. The number of aliphatic carboxylic acids is 1. The summed E-state index contributed by atoms with van der Waals surface area (Å²) in [6.45, 7) is 3.64. The number of carboxylic acid groups (broad SMARTS) is 2. The maximum Gasteiger partial charge on any atom is 0.490 e. The summed E-state index contributed by atoms with van der Waals surface area (Å²) >= 11 is 0. The van der Waals surface area contributed by atoms with Crippen molar-refractivity contribution in [2.24, 2.45) is 0 Å². The Morgan fingerprint density at radius 2 is 1.52 bits per heavy atom. The molecule has 1 heterocycles. The molecule has 11 nitrogen and oxygen atoms in total. The molecule has 1 aliphatic rings. The molecular weight excluding hydrogens is 544 g/mol. The van der Waals surface area contributed by atoms with Crippen LogP contribution in [-0.2, 0) is 14.3 Å². The lowest BCUT2D eigenvalue weighted by Crippen LogP contribution is -2.50. The van der Waals surface area contributed by atoms with Crippen LogP contribution in [0, 0.1) is 5.82 Å². The summed E-state index contributed by atoms with van der Waals surface area (Å²) in [5.74, 6) is -4.86. The Labute approximate surface area is 226 Å². The lowest BCUT2D eigenvalue weighted by atomic mass is 10.1. The number of ether oxygens (including phenoxy) is 1. The molecule has 2 aromatic rings. The van der Waals surface area contributed by atoms with Crippen molar-refractivity contribution in [1.82, 2.24) is 10.2 Å². The molecule has 0 bridgehead atoms. The highest BCUT2D eigenvalue weighted by Crippen LogP contribution is 2.29. The quantitative estimate of drug-likeness (QED) is 0.262. The molecule has 1 aliphatic heterocycles. The molecule has 2 amide bonds. The number of rotatable bonds is 9. The minimum absolute atomic E-state index is 0.0412. The SMILES string of the molecule is COCCNC(=O)CN1CCN(c2ccc(C(=O)O)cc2NC(=O)c2ccc(F)cc2)CC1.O=C(O)C(F)(F)F. The highest BCUT2D eigenvalue weighted by molar-refractivity contribution is 6.06. The van der Waals surface area contributed by atoms with E-state index in [0.717, 1.165) is 0 Å². The standard InChI is InChI=1S/C23H27FN4O5.C2HF3O2/c1-33-13-8-25-21(29)15-27-9-11-28(12-10-27)20-7-4-17(23(31)32)14-19(20)26-22(30)16-2-5-18(24)6-3-16;3-2(4,5)1(6)7/h2-7,14H,8-13,15H2,1H3,(H,25,29)(H,26,30)(H,31,32);(H,6,7). The molecule has 2 aromatic carbocycles. The van der Waals surface area contributed by atoms with Gasteiger partial charge < -0.3 is 30.5 Å². The van der Waals surface area contributed by atoms with Crippen molar-refractivity contribution < 1.29 is 51.7 Å². The number of aromatic carboxylic acids is 1. The molecule has 15 heteroatoms. The number of alkyl halides is 3. The first kappa shape index (κ1) is 32.0. The average molecular weight is 573 g/mol. The third-order valence-electron chi connectivity index (χ3n) is 5.55. The van der Waals surface area contributed by atoms with E-state index >= 15 is 0 Å². The van der Waals surface area contributed by atoms with Crippen LogP contribution < -0.4 is 15.5 Å². The van der Waals surface area contributed by atoms with E-state index in [9.17, 15) is 37.1 Å². The highest BCUT2D eigenvalue weighted by Gasteiger charge is 2.38. The number of benzene rings is 2. The van der Waals surface area contributed by atoms with Gasteiger partial charge in [-0.1, -0.05) is 0 Å². The fourth-order valence-electron chi connectivity index (χ4n) is 3.54. The van der Waals surface area contributed by atoms with Gasteiger partial charge in [0.25, 0.3) is 5.91 Å². The fourth-order valence-corrected chi connectivity index (χ4v) is 3.54. The van der Waals surface area contributed by atoms with Crippen LogP contribution in [0.3, 0.4) is 0 Å². The predicted molar refractivity (Wildman–Crippen MR) is 135 cm³/mol. The van der Waals surface area contributed by atoms with Gasteiger partial charge in [-0.25, -0.2) is 14.0 Å². The molecule has 0 aromatic heterocycles. The molecule has 0 radical (unpaired) electrons. The Kier molecular flexibility index (Phi) is 11.8. The molecule has 0 unspecified atom stereocenters. The second-order valence-electron chi connectivity index (χ2n) is 8.41. The van der Waals surface area contributed by atoms with Crippen LogP contribution in [0.1, 0.15) is 20.7 Å². The number of carbonyl (C=O) groups excluding carboxylic acids is 2. The van der Waals surface area contributed by atoms with E-state index in [4.69, 9.17) is 14.6 Å². The number of hydrogen-bond acceptors (Lipinski definition) is 7. The van der Waals surface area contributed by atoms with Crippen molar-refractivity contribution in [2.75, 3.05) is 63.2 Å². The first-order chi connectivity index (χ1) is 18.8. The van der Waals surface area contributed by atoms with Crippen LogP contribution in [0.15, 0.2) is 42.5 Å². The molecule has 40 heavy (non-hydrogen) atoms. The normalized spacial score (nSPS) is 13.6. The van der Waals surface area contributed by atoms with Crippen LogP contribution in [0.2, 0.25) is 0 Å². The van der Waals surface area contributed by atoms with Crippen molar-refractivity contribution in [1.29, 1.82) is 0 Å². The fraction of sp³-hybridized carbons (Fsp3) is 0.360. The molecule has 0 atom stereocenters. The van der Waals surface area contributed by atoms with E-state index in [2.05, 4.69) is 10.6 Å². The molecule has 1 saturated heterocycles. The van der Waals surface area contributed by atoms with Gasteiger partial charge in [0.2, 0.25) is 5.91 Å². The topological polar surface area (TPSA) is 149 Å². The molecule has 0 saturated carbocycles. The zero-order valence-electron chi connectivity index (χ0n) is 21.3. The van der Waals surface area contributed by atoms with Crippen LogP contribution in [-0.4, -0.2) is 98.0 Å². The van der Waals surface area contributed by atoms with Crippen molar-refractivity contribution in [3.8, 4) is 0 Å². The van der Waals surface area contributed by atoms with E-state index in [1.165, 1.54) is 36.4 Å². The van der Waals surface area contributed by atoms with Gasteiger partial charge in [-0.15, -0.1) is 0 Å². The summed E-state index contributed by atoms with van der Waals surface area (Å²) in [6, 6.07) is 9.67. The zero-order valence-corrected chi connectivity index (χ0v) is 21.3. The van der Waals surface area contributed by atoms with Crippen molar-refractivity contribution in [3.05, 3.63) is 59.4 Å². The Balaban J connectivity index is 0.000000708. The highest BCUT2D eigenvalue weighted by atomic mass is 19.4. The van der Waals surface area contributed by atoms with Crippen LogP contribution in [0.4, 0.5) is 28.9 Å². The minimum Gasteiger partial charge on any atom is -0.478 e. The second kappa shape index (κ2) is 14.8. The number of anilines is 2. The van der Waals surface area contributed by atoms with Crippen molar-refractivity contribution in [2.45, 2.75) is 6.18 Å². The number of carbonyl (C=O) groups is 4. The Morgan fingerprint density at radius 3 is 2.05 bits per heavy atom. The van der Waals surface area contributed by atoms with Crippen LogP contribution in [0.25, 0.3) is 0 Å². The number of amides is 2. The molecule has 218 valence electrons. The average Bonchev–Trinajstić information content (AvgIpc) is 2.89. The summed E-state index contributed by atoms with van der Waals surface area (Å²) in [5.41, 5.74) is 1.33. The van der Waals surface area contributed by atoms with E-state index in [0.29, 0.717) is 50.7 Å². The largest absolute Gasteiger partial charge is 0.490 e. The van der Waals surface area contributed by atoms with Gasteiger partial charge in [-0.2, -0.15) is 13.2 Å². The van der Waals surface area contributed by atoms with Gasteiger partial charge >= 0.3 is 18.1 Å². The second-order valence-corrected chi connectivity index (χ2v) is 8.41. The Bertz CT molecular complexity index is 1180. The summed E-state index contributed by atoms with van der Waals surface area (Å²) in [6.07, 6.45) is -5.08. The number of piperazine rings is 1. The number of nitrogens with one attached hydrogen (secondary N) is 2. The van der Waals surface area contributed by atoms with E-state index in [-0.39, 0.29) is 23.6 Å². The lowest BCUT2D eigenvalue weighted by Gasteiger charge is -2.36. The van der Waals surface area contributed by atoms with Gasteiger partial charge in [-0.3, -0.25) is 14.5 Å². The maximum atomic E-state index is 13.2. The monoisotopic (exact) mass is 572 g/mol. The molecule has 0 spiro atoms. The first-order valence-corrected chi connectivity index (χ1v) is 11.8. The number of nitrogens with zero attached hydrogens (tertiary/aromatic N) is 2. The van der Waals surface area contributed by atoms with Crippen LogP contribution in [0.5, 0.6) is 0 Å². The molecule has 3 rings (SSSR count). The van der Waals surface area contributed by atoms with Crippen molar-refractivity contribution >= 4 is 35.1 Å². The zero-order chi connectivity index (χ0) is 29.9. The number of methoxy groups -OCH3 is 1. The first-order valence-electron chi connectivity index (χ1n) is 11.8. The van der Waals surface area contributed by atoms with Gasteiger partial charge in [0, 0.05) is 45.4 Å². The van der Waals surface area contributed by atoms with Gasteiger partial charge in [0.05, 0.1) is 30.1 Å². The Hall–Kier alpha value is -4.24. The number of carboxylic acids is 2. The van der Waals surface area contributed by atoms with Crippen LogP contribution >= 0.6 is 0 Å². The molecule has 0 aliphatic carbocycles. The van der Waals surface area contributed by atoms with Gasteiger partial charge in [0.15, 0.2) is 0 Å². The van der Waals surface area contributed by atoms with Gasteiger partial charge in [-0.05, 0) is 42.5 Å². The number of hydrogen-bond donors (Lipinski definition) is 4. The minimum atomic E-state index is -5.08.